The Kier molecular flexibility index (Phi) is 6.51. The van der Waals surface area contributed by atoms with E-state index in [2.05, 4.69) is 20.3 Å². The molecule has 9 heteroatoms. The van der Waals surface area contributed by atoms with Gasteiger partial charge in [-0.3, -0.25) is 4.57 Å². The van der Waals surface area contributed by atoms with E-state index in [0.717, 1.165) is 16.5 Å². The molecule has 3 aromatic rings. The van der Waals surface area contributed by atoms with Crippen molar-refractivity contribution in [3.8, 4) is 11.4 Å². The number of hydrogen-bond acceptors (Lipinski definition) is 7. The number of halogens is 1. The van der Waals surface area contributed by atoms with Gasteiger partial charge in [-0.2, -0.15) is 4.98 Å². The van der Waals surface area contributed by atoms with Crippen LogP contribution in [0.4, 0.5) is 0 Å². The summed E-state index contributed by atoms with van der Waals surface area (Å²) in [5.74, 6) is 2.28. The number of hydrogen-bond donors (Lipinski definition) is 0. The molecule has 0 aliphatic rings. The Morgan fingerprint density at radius 1 is 1.19 bits per heavy atom. The van der Waals surface area contributed by atoms with Gasteiger partial charge in [-0.05, 0) is 31.2 Å². The third kappa shape index (κ3) is 4.69. The van der Waals surface area contributed by atoms with Gasteiger partial charge in [-0.15, -0.1) is 10.2 Å². The molecule has 0 aliphatic heterocycles. The first-order valence-corrected chi connectivity index (χ1v) is 9.93. The molecule has 1 unspecified atom stereocenters. The van der Waals surface area contributed by atoms with Crippen molar-refractivity contribution in [2.75, 3.05) is 13.7 Å². The van der Waals surface area contributed by atoms with Crippen LogP contribution >= 0.6 is 23.4 Å². The Labute approximate surface area is 167 Å². The first-order valence-electron chi connectivity index (χ1n) is 8.67. The van der Waals surface area contributed by atoms with E-state index >= 15 is 0 Å². The third-order valence-corrected chi connectivity index (χ3v) is 5.26. The van der Waals surface area contributed by atoms with Crippen molar-refractivity contribution >= 4 is 23.4 Å². The van der Waals surface area contributed by atoms with Crippen LogP contribution < -0.4 is 0 Å². The van der Waals surface area contributed by atoms with Crippen molar-refractivity contribution in [2.45, 2.75) is 43.6 Å². The molecule has 3 rings (SSSR count). The fourth-order valence-electron chi connectivity index (χ4n) is 2.43. The molecule has 0 aliphatic carbocycles. The van der Waals surface area contributed by atoms with Crippen LogP contribution in [-0.4, -0.2) is 38.6 Å². The summed E-state index contributed by atoms with van der Waals surface area (Å²) in [5, 5.41) is 14.2. The van der Waals surface area contributed by atoms with Crippen molar-refractivity contribution in [1.29, 1.82) is 0 Å². The van der Waals surface area contributed by atoms with Crippen molar-refractivity contribution in [2.24, 2.45) is 0 Å². The van der Waals surface area contributed by atoms with E-state index in [9.17, 15) is 0 Å². The molecule has 0 radical (unpaired) electrons. The van der Waals surface area contributed by atoms with Crippen molar-refractivity contribution < 1.29 is 9.26 Å². The largest absolute Gasteiger partial charge is 0.383 e. The second kappa shape index (κ2) is 8.86. The minimum absolute atomic E-state index is 0.0476. The molecular weight excluding hydrogens is 386 g/mol. The van der Waals surface area contributed by atoms with Crippen molar-refractivity contribution in [3.05, 3.63) is 41.0 Å². The van der Waals surface area contributed by atoms with Gasteiger partial charge >= 0.3 is 0 Å². The van der Waals surface area contributed by atoms with Gasteiger partial charge in [0.25, 0.3) is 0 Å². The van der Waals surface area contributed by atoms with Gasteiger partial charge in [-0.25, -0.2) is 0 Å². The van der Waals surface area contributed by atoms with E-state index in [1.807, 2.05) is 49.6 Å². The molecule has 144 valence electrons. The number of ether oxygens (including phenoxy) is 1. The summed E-state index contributed by atoms with van der Waals surface area (Å²) in [6, 6.07) is 7.54. The lowest BCUT2D eigenvalue weighted by Crippen LogP contribution is -2.08. The zero-order chi connectivity index (χ0) is 19.4. The normalized spacial score (nSPS) is 12.7. The van der Waals surface area contributed by atoms with Crippen LogP contribution in [0.1, 0.15) is 43.7 Å². The number of thioether (sulfide) groups is 1. The van der Waals surface area contributed by atoms with Gasteiger partial charge in [0.2, 0.25) is 5.89 Å². The Bertz CT molecular complexity index is 878. The summed E-state index contributed by atoms with van der Waals surface area (Å²) in [5.41, 5.74) is 0.947. The molecule has 0 N–H and O–H groups in total. The predicted octanol–water partition coefficient (Wildman–Crippen LogP) is 4.60. The highest BCUT2D eigenvalue weighted by Gasteiger charge is 2.22. The number of aromatic nitrogens is 5. The van der Waals surface area contributed by atoms with Gasteiger partial charge < -0.3 is 9.26 Å². The second-order valence-electron chi connectivity index (χ2n) is 6.36. The highest BCUT2D eigenvalue weighted by Crippen LogP contribution is 2.35. The first kappa shape index (κ1) is 19.9. The van der Waals surface area contributed by atoms with Gasteiger partial charge in [-0.1, -0.05) is 42.4 Å². The van der Waals surface area contributed by atoms with E-state index in [4.69, 9.17) is 20.9 Å². The first-order chi connectivity index (χ1) is 13.0. The van der Waals surface area contributed by atoms with Gasteiger partial charge in [0.1, 0.15) is 0 Å². The monoisotopic (exact) mass is 407 g/mol. The minimum atomic E-state index is -0.0476. The van der Waals surface area contributed by atoms with Gasteiger partial charge in [0.15, 0.2) is 16.8 Å². The van der Waals surface area contributed by atoms with Crippen LogP contribution in [0.3, 0.4) is 0 Å². The molecule has 7 nitrogen and oxygen atoms in total. The maximum absolute atomic E-state index is 6.00. The summed E-state index contributed by atoms with van der Waals surface area (Å²) in [4.78, 5) is 4.48. The molecule has 0 fully saturated rings. The van der Waals surface area contributed by atoms with Crippen LogP contribution in [0.5, 0.6) is 0 Å². The van der Waals surface area contributed by atoms with Crippen LogP contribution in [0, 0.1) is 0 Å². The Hall–Kier alpha value is -1.90. The lowest BCUT2D eigenvalue weighted by atomic mass is 10.2. The molecule has 0 saturated heterocycles. The topological polar surface area (TPSA) is 78.9 Å². The van der Waals surface area contributed by atoms with Crippen molar-refractivity contribution in [3.63, 3.8) is 0 Å². The summed E-state index contributed by atoms with van der Waals surface area (Å²) < 4.78 is 12.7. The standard InChI is InChI=1S/C18H22ClN5O2S/c1-11(2)15-20-17(26-23-15)12(3)27-18-22-21-16(24(18)9-10-25-4)13-5-7-14(19)8-6-13/h5-8,11-12H,9-10H2,1-4H3. The summed E-state index contributed by atoms with van der Waals surface area (Å²) in [7, 11) is 1.67. The molecule has 0 bridgehead atoms. The minimum Gasteiger partial charge on any atom is -0.383 e. The maximum Gasteiger partial charge on any atom is 0.239 e. The second-order valence-corrected chi connectivity index (χ2v) is 8.11. The average molecular weight is 408 g/mol. The van der Waals surface area contributed by atoms with Gasteiger partial charge in [0.05, 0.1) is 18.4 Å². The molecule has 0 spiro atoms. The van der Waals surface area contributed by atoms with Crippen molar-refractivity contribution in [1.82, 2.24) is 24.9 Å². The lowest BCUT2D eigenvalue weighted by molar-refractivity contribution is 0.185. The zero-order valence-electron chi connectivity index (χ0n) is 15.7. The van der Waals surface area contributed by atoms with Crippen LogP contribution in [-0.2, 0) is 11.3 Å². The molecule has 2 aromatic heterocycles. The fourth-order valence-corrected chi connectivity index (χ4v) is 3.46. The highest BCUT2D eigenvalue weighted by atomic mass is 35.5. The zero-order valence-corrected chi connectivity index (χ0v) is 17.3. The van der Waals surface area contributed by atoms with E-state index in [-0.39, 0.29) is 11.2 Å². The molecule has 2 heterocycles. The lowest BCUT2D eigenvalue weighted by Gasteiger charge is -2.11. The van der Waals surface area contributed by atoms with E-state index in [1.54, 1.807) is 7.11 Å². The van der Waals surface area contributed by atoms with E-state index < -0.39 is 0 Å². The quantitative estimate of drug-likeness (QED) is 0.504. The average Bonchev–Trinajstić information content (AvgIpc) is 3.28. The van der Waals surface area contributed by atoms with Crippen LogP contribution in [0.2, 0.25) is 5.02 Å². The fraction of sp³-hybridized carbons (Fsp3) is 0.444. The molecule has 1 atom stereocenters. The summed E-state index contributed by atoms with van der Waals surface area (Å²) in [6.07, 6.45) is 0. The number of methoxy groups -OCH3 is 1. The van der Waals surface area contributed by atoms with Crippen LogP contribution in [0.25, 0.3) is 11.4 Å². The molecule has 27 heavy (non-hydrogen) atoms. The smallest absolute Gasteiger partial charge is 0.239 e. The van der Waals surface area contributed by atoms with Crippen LogP contribution in [0.15, 0.2) is 33.9 Å². The molecule has 1 aromatic carbocycles. The number of rotatable bonds is 8. The SMILES string of the molecule is COCCn1c(SC(C)c2nc(C(C)C)no2)nnc1-c1ccc(Cl)cc1. The predicted molar refractivity (Wildman–Crippen MR) is 105 cm³/mol. The highest BCUT2D eigenvalue weighted by molar-refractivity contribution is 7.99. The Balaban J connectivity index is 1.86. The van der Waals surface area contributed by atoms with Gasteiger partial charge in [0, 0.05) is 23.6 Å². The van der Waals surface area contributed by atoms with E-state index in [0.29, 0.717) is 29.9 Å². The third-order valence-electron chi connectivity index (χ3n) is 3.94. The molecule has 0 saturated carbocycles. The summed E-state index contributed by atoms with van der Waals surface area (Å²) >= 11 is 7.53. The molecular formula is C18H22ClN5O2S. The Morgan fingerprint density at radius 3 is 2.56 bits per heavy atom. The number of benzene rings is 1. The van der Waals surface area contributed by atoms with E-state index in [1.165, 1.54) is 11.8 Å². The summed E-state index contributed by atoms with van der Waals surface area (Å²) in [6.45, 7) is 7.27. The maximum atomic E-state index is 6.00. The molecule has 0 amide bonds. The Morgan fingerprint density at radius 2 is 1.93 bits per heavy atom. The number of nitrogens with zero attached hydrogens (tertiary/aromatic N) is 5.